The van der Waals surface area contributed by atoms with Gasteiger partial charge in [0, 0.05) is 24.0 Å². The molecule has 2 aliphatic heterocycles. The maximum Gasteiger partial charge on any atom is 0.373 e. The lowest BCUT2D eigenvalue weighted by molar-refractivity contribution is -0.697. The minimum Gasteiger partial charge on any atom is -0.448 e. The summed E-state index contributed by atoms with van der Waals surface area (Å²) in [6, 6.07) is 18.0. The molecule has 0 unspecified atom stereocenters. The highest BCUT2D eigenvalue weighted by Gasteiger charge is 2.55. The third-order valence-corrected chi connectivity index (χ3v) is 6.32. The maximum absolute atomic E-state index is 6.37. The van der Waals surface area contributed by atoms with Crippen molar-refractivity contribution in [2.24, 2.45) is 0 Å². The minimum absolute atomic E-state index is 0.203. The molecule has 4 heteroatoms. The Labute approximate surface area is 145 Å². The second-order valence-corrected chi connectivity index (χ2v) is 7.55. The van der Waals surface area contributed by atoms with Crippen LogP contribution in [0.2, 0.25) is 0 Å². The van der Waals surface area contributed by atoms with Crippen LogP contribution >= 0.6 is 0 Å². The Bertz CT molecular complexity index is 972. The molecule has 0 spiro atoms. The second kappa shape index (κ2) is 4.07. The number of fused-ring (bicyclic) bond motifs is 11. The third-order valence-electron chi connectivity index (χ3n) is 6.32. The van der Waals surface area contributed by atoms with Gasteiger partial charge in [-0.3, -0.25) is 0 Å². The number of aromatic nitrogens is 2. The van der Waals surface area contributed by atoms with Crippen LogP contribution < -0.4 is 14.0 Å². The monoisotopic (exact) mass is 329 g/mol. The molecule has 0 N–H and O–H groups in total. The molecule has 1 aromatic heterocycles. The van der Waals surface area contributed by atoms with Gasteiger partial charge in [-0.15, -0.1) is 0 Å². The summed E-state index contributed by atoms with van der Waals surface area (Å²) in [7, 11) is 0. The second-order valence-electron chi connectivity index (χ2n) is 7.55. The van der Waals surface area contributed by atoms with Crippen LogP contribution in [0.4, 0.5) is 0 Å². The predicted octanol–water partition coefficient (Wildman–Crippen LogP) is 2.59. The first-order valence-corrected chi connectivity index (χ1v) is 9.03. The van der Waals surface area contributed by atoms with E-state index in [1.165, 1.54) is 22.3 Å². The van der Waals surface area contributed by atoms with Crippen LogP contribution in [0.15, 0.2) is 54.9 Å². The van der Waals surface area contributed by atoms with Crippen LogP contribution in [-0.2, 0) is 12.8 Å². The van der Waals surface area contributed by atoms with E-state index in [1.807, 2.05) is 0 Å². The molecule has 4 nitrogen and oxygen atoms in total. The van der Waals surface area contributed by atoms with Crippen LogP contribution in [0.25, 0.3) is 0 Å². The topological polar surface area (TPSA) is 27.3 Å². The summed E-state index contributed by atoms with van der Waals surface area (Å²) in [6.45, 7) is 0. The summed E-state index contributed by atoms with van der Waals surface area (Å²) in [5.41, 5.74) is 5.60. The van der Waals surface area contributed by atoms with Crippen molar-refractivity contribution < 1.29 is 14.0 Å². The number of hydrogen-bond donors (Lipinski definition) is 0. The van der Waals surface area contributed by atoms with E-state index in [4.69, 9.17) is 9.47 Å². The van der Waals surface area contributed by atoms with Crippen LogP contribution in [0.5, 0.6) is 11.8 Å². The average molecular weight is 329 g/mol. The lowest BCUT2D eigenvalue weighted by atomic mass is 10.1. The van der Waals surface area contributed by atoms with Crippen molar-refractivity contribution in [3.05, 3.63) is 77.1 Å². The summed E-state index contributed by atoms with van der Waals surface area (Å²) in [6.07, 6.45) is 4.60. The number of ether oxygens (including phenoxy) is 2. The van der Waals surface area contributed by atoms with Crippen molar-refractivity contribution in [1.29, 1.82) is 0 Å². The third kappa shape index (κ3) is 1.39. The van der Waals surface area contributed by atoms with Crippen LogP contribution in [0, 0.1) is 0 Å². The van der Waals surface area contributed by atoms with Crippen LogP contribution in [0.1, 0.15) is 34.3 Å². The Morgan fingerprint density at radius 2 is 1.56 bits per heavy atom. The molecule has 4 aliphatic rings. The highest BCUT2D eigenvalue weighted by molar-refractivity contribution is 5.44. The zero-order valence-electron chi connectivity index (χ0n) is 13.6. The van der Waals surface area contributed by atoms with Gasteiger partial charge in [0.25, 0.3) is 6.33 Å². The summed E-state index contributed by atoms with van der Waals surface area (Å²) in [5, 5.41) is 0. The van der Waals surface area contributed by atoms with E-state index in [2.05, 4.69) is 64.0 Å². The Kier molecular flexibility index (Phi) is 2.05. The van der Waals surface area contributed by atoms with Gasteiger partial charge >= 0.3 is 11.8 Å². The average Bonchev–Trinajstić information content (AvgIpc) is 3.36. The molecule has 2 aliphatic carbocycles. The van der Waals surface area contributed by atoms with E-state index < -0.39 is 0 Å². The zero-order valence-corrected chi connectivity index (χ0v) is 13.6. The quantitative estimate of drug-likeness (QED) is 0.593. The van der Waals surface area contributed by atoms with Crippen molar-refractivity contribution in [3.63, 3.8) is 0 Å². The number of rotatable bonds is 0. The van der Waals surface area contributed by atoms with Crippen LogP contribution in [-0.4, -0.2) is 16.8 Å². The molecule has 3 heterocycles. The molecule has 3 aromatic rings. The Hall–Kier alpha value is -2.75. The van der Waals surface area contributed by atoms with Gasteiger partial charge in [0.2, 0.25) is 0 Å². The van der Waals surface area contributed by atoms with Gasteiger partial charge in [-0.1, -0.05) is 48.5 Å². The molecule has 122 valence electrons. The van der Waals surface area contributed by atoms with E-state index in [9.17, 15) is 0 Å². The van der Waals surface area contributed by atoms with Crippen molar-refractivity contribution in [2.75, 3.05) is 0 Å². The number of nitrogens with zero attached hydrogens (tertiary/aromatic N) is 2. The van der Waals surface area contributed by atoms with Gasteiger partial charge in [0.15, 0.2) is 24.3 Å². The van der Waals surface area contributed by atoms with Gasteiger partial charge in [-0.25, -0.2) is 0 Å². The van der Waals surface area contributed by atoms with E-state index in [0.717, 1.165) is 24.6 Å². The summed E-state index contributed by atoms with van der Waals surface area (Å²) in [4.78, 5) is 0. The largest absolute Gasteiger partial charge is 0.448 e. The van der Waals surface area contributed by atoms with Crippen molar-refractivity contribution in [2.45, 2.75) is 37.1 Å². The molecule has 0 amide bonds. The molecule has 4 atom stereocenters. The zero-order chi connectivity index (χ0) is 16.1. The molecular weight excluding hydrogens is 312 g/mol. The molecule has 0 fully saturated rings. The van der Waals surface area contributed by atoms with E-state index >= 15 is 0 Å². The van der Waals surface area contributed by atoms with Gasteiger partial charge in [0.05, 0.1) is 0 Å². The Morgan fingerprint density at radius 1 is 0.840 bits per heavy atom. The standard InChI is InChI=1S/C21H17N2O2/c1-3-7-14-12(5-1)9-16-18(14)22-11-23-19-15-8-4-2-6-13(15)10-17(19)25-21(23)20(22)24-16/h1-8,11,16-19H,9-10H2/q+1/t16-,17-,18+,19+/m0/s1. The summed E-state index contributed by atoms with van der Waals surface area (Å²) >= 11 is 0. The van der Waals surface area contributed by atoms with Crippen molar-refractivity contribution >= 4 is 0 Å². The SMILES string of the molecule is c1ccc2c(c1)C[C@@H]1Oc3c4[n+](cn3[C@H]21)[C@@H]1c2ccccc2C[C@@H]1O4. The fourth-order valence-electron chi connectivity index (χ4n) is 5.31. The number of benzene rings is 2. The molecular formula is C21H17N2O2+. The molecule has 7 rings (SSSR count). The lowest BCUT2D eigenvalue weighted by Crippen LogP contribution is -2.38. The first kappa shape index (κ1) is 12.6. The fraction of sp³-hybridized carbons (Fsp3) is 0.286. The highest BCUT2D eigenvalue weighted by atomic mass is 16.6. The summed E-state index contributed by atoms with van der Waals surface area (Å²) in [5.74, 6) is 1.83. The van der Waals surface area contributed by atoms with E-state index in [0.29, 0.717) is 0 Å². The lowest BCUT2D eigenvalue weighted by Gasteiger charge is -2.08. The molecule has 0 saturated heterocycles. The molecule has 0 radical (unpaired) electrons. The smallest absolute Gasteiger partial charge is 0.373 e. The van der Waals surface area contributed by atoms with E-state index in [-0.39, 0.29) is 24.3 Å². The normalized spacial score (nSPS) is 29.1. The predicted molar refractivity (Wildman–Crippen MR) is 90.0 cm³/mol. The van der Waals surface area contributed by atoms with Gasteiger partial charge in [-0.05, 0) is 11.1 Å². The van der Waals surface area contributed by atoms with Gasteiger partial charge in [-0.2, -0.15) is 9.13 Å². The Morgan fingerprint density at radius 3 is 2.44 bits per heavy atom. The number of hydrogen-bond acceptors (Lipinski definition) is 2. The molecule has 25 heavy (non-hydrogen) atoms. The van der Waals surface area contributed by atoms with Gasteiger partial charge < -0.3 is 9.47 Å². The first-order valence-electron chi connectivity index (χ1n) is 9.03. The first-order chi connectivity index (χ1) is 12.4. The van der Waals surface area contributed by atoms with Crippen molar-refractivity contribution in [3.8, 4) is 11.8 Å². The van der Waals surface area contributed by atoms with Gasteiger partial charge in [0.1, 0.15) is 0 Å². The molecule has 0 saturated carbocycles. The highest BCUT2D eigenvalue weighted by Crippen LogP contribution is 2.50. The van der Waals surface area contributed by atoms with E-state index in [1.54, 1.807) is 0 Å². The van der Waals surface area contributed by atoms with Crippen molar-refractivity contribution in [1.82, 2.24) is 4.57 Å². The van der Waals surface area contributed by atoms with Crippen LogP contribution in [0.3, 0.4) is 0 Å². The summed E-state index contributed by atoms with van der Waals surface area (Å²) < 4.78 is 17.3. The fourth-order valence-corrected chi connectivity index (χ4v) is 5.31. The molecule has 0 bridgehead atoms. The Balaban J connectivity index is 1.39. The number of imidazole rings is 1. The minimum atomic E-state index is 0.203. The molecule has 2 aromatic carbocycles. The maximum atomic E-state index is 6.37.